The third-order valence-corrected chi connectivity index (χ3v) is 5.16. The molecule has 1 heterocycles. The second-order valence-corrected chi connectivity index (χ2v) is 7.55. The predicted octanol–water partition coefficient (Wildman–Crippen LogP) is 5.07. The van der Waals surface area contributed by atoms with Gasteiger partial charge in [0.1, 0.15) is 11.1 Å². The number of anilines is 1. The first-order valence-corrected chi connectivity index (χ1v) is 9.87. The molecule has 0 radical (unpaired) electrons. The van der Waals surface area contributed by atoms with Gasteiger partial charge in [0.05, 0.1) is 5.56 Å². The Morgan fingerprint density at radius 2 is 2.08 bits per heavy atom. The van der Waals surface area contributed by atoms with Gasteiger partial charge in [0.15, 0.2) is 0 Å². The molecule has 0 bridgehead atoms. The zero-order valence-corrected chi connectivity index (χ0v) is 16.6. The van der Waals surface area contributed by atoms with Gasteiger partial charge in [-0.2, -0.15) is 5.26 Å². The quantitative estimate of drug-likeness (QED) is 0.694. The molecule has 0 aliphatic rings. The van der Waals surface area contributed by atoms with Crippen LogP contribution in [0.1, 0.15) is 55.5 Å². The number of benzene rings is 1. The van der Waals surface area contributed by atoms with E-state index >= 15 is 0 Å². The van der Waals surface area contributed by atoms with Crippen molar-refractivity contribution in [3.8, 4) is 6.07 Å². The SMILES string of the molecule is CCc1cccc(C)c1NC(=O)CCSc1nc(C(C)C)ccc1C#N. The first kappa shape index (κ1) is 20.0. The van der Waals surface area contributed by atoms with Gasteiger partial charge in [0.25, 0.3) is 0 Å². The monoisotopic (exact) mass is 367 g/mol. The van der Waals surface area contributed by atoms with Crippen LogP contribution in [0.3, 0.4) is 0 Å². The summed E-state index contributed by atoms with van der Waals surface area (Å²) in [5.41, 5.74) is 4.66. The van der Waals surface area contributed by atoms with Gasteiger partial charge < -0.3 is 5.32 Å². The number of thioether (sulfide) groups is 1. The van der Waals surface area contributed by atoms with Crippen molar-refractivity contribution in [2.75, 3.05) is 11.1 Å². The summed E-state index contributed by atoms with van der Waals surface area (Å²) < 4.78 is 0. The number of aromatic nitrogens is 1. The van der Waals surface area contributed by atoms with Crippen molar-refractivity contribution >= 4 is 23.4 Å². The highest BCUT2D eigenvalue weighted by atomic mass is 32.2. The van der Waals surface area contributed by atoms with Crippen LogP contribution in [0.25, 0.3) is 0 Å². The molecule has 0 aliphatic carbocycles. The van der Waals surface area contributed by atoms with Crippen LogP contribution in [0.5, 0.6) is 0 Å². The molecule has 136 valence electrons. The number of carbonyl (C=O) groups is 1. The molecular formula is C21H25N3OS. The highest BCUT2D eigenvalue weighted by Gasteiger charge is 2.12. The zero-order chi connectivity index (χ0) is 19.1. The summed E-state index contributed by atoms with van der Waals surface area (Å²) in [4.78, 5) is 16.9. The molecule has 1 aromatic heterocycles. The van der Waals surface area contributed by atoms with Crippen molar-refractivity contribution in [2.24, 2.45) is 0 Å². The molecule has 1 amide bonds. The van der Waals surface area contributed by atoms with Gasteiger partial charge in [-0.05, 0) is 42.5 Å². The number of amides is 1. The number of pyridine rings is 1. The molecular weight excluding hydrogens is 342 g/mol. The van der Waals surface area contributed by atoms with Crippen molar-refractivity contribution in [3.05, 3.63) is 52.7 Å². The normalized spacial score (nSPS) is 10.6. The largest absolute Gasteiger partial charge is 0.326 e. The van der Waals surface area contributed by atoms with Crippen molar-refractivity contribution in [1.29, 1.82) is 5.26 Å². The molecule has 1 N–H and O–H groups in total. The number of aryl methyl sites for hydroxylation is 2. The van der Waals surface area contributed by atoms with Crippen LogP contribution in [-0.2, 0) is 11.2 Å². The van der Waals surface area contributed by atoms with E-state index in [0.717, 1.165) is 28.9 Å². The minimum Gasteiger partial charge on any atom is -0.326 e. The maximum Gasteiger partial charge on any atom is 0.225 e. The van der Waals surface area contributed by atoms with Crippen molar-refractivity contribution in [2.45, 2.75) is 51.5 Å². The Morgan fingerprint density at radius 1 is 1.31 bits per heavy atom. The minimum atomic E-state index is -0.0139. The van der Waals surface area contributed by atoms with Crippen molar-refractivity contribution in [1.82, 2.24) is 4.98 Å². The molecule has 2 rings (SSSR count). The van der Waals surface area contributed by atoms with Crippen LogP contribution in [0, 0.1) is 18.3 Å². The van der Waals surface area contributed by atoms with Gasteiger partial charge in [-0.25, -0.2) is 4.98 Å². The number of rotatable bonds is 7. The molecule has 0 unspecified atom stereocenters. The molecule has 1 aromatic carbocycles. The topological polar surface area (TPSA) is 65.8 Å². The van der Waals surface area contributed by atoms with Gasteiger partial charge in [-0.15, -0.1) is 11.8 Å². The summed E-state index contributed by atoms with van der Waals surface area (Å²) in [7, 11) is 0. The lowest BCUT2D eigenvalue weighted by Gasteiger charge is -2.13. The van der Waals surface area contributed by atoms with Crippen LogP contribution in [0.4, 0.5) is 5.69 Å². The van der Waals surface area contributed by atoms with E-state index in [0.29, 0.717) is 28.7 Å². The number of carbonyl (C=O) groups excluding carboxylic acids is 1. The van der Waals surface area contributed by atoms with Gasteiger partial charge >= 0.3 is 0 Å². The summed E-state index contributed by atoms with van der Waals surface area (Å²) >= 11 is 1.46. The highest BCUT2D eigenvalue weighted by Crippen LogP contribution is 2.25. The lowest BCUT2D eigenvalue weighted by Crippen LogP contribution is -2.14. The maximum atomic E-state index is 12.3. The van der Waals surface area contributed by atoms with Gasteiger partial charge in [-0.3, -0.25) is 4.79 Å². The summed E-state index contributed by atoms with van der Waals surface area (Å²) in [6.45, 7) is 8.23. The van der Waals surface area contributed by atoms with Crippen LogP contribution < -0.4 is 5.32 Å². The Labute approximate surface area is 160 Å². The molecule has 26 heavy (non-hydrogen) atoms. The molecule has 2 aromatic rings. The van der Waals surface area contributed by atoms with E-state index in [1.807, 2.05) is 37.3 Å². The zero-order valence-electron chi connectivity index (χ0n) is 15.8. The number of hydrogen-bond donors (Lipinski definition) is 1. The predicted molar refractivity (Wildman–Crippen MR) is 108 cm³/mol. The fourth-order valence-corrected chi connectivity index (χ4v) is 3.54. The van der Waals surface area contributed by atoms with E-state index in [2.05, 4.69) is 37.1 Å². The van der Waals surface area contributed by atoms with E-state index in [1.54, 1.807) is 0 Å². The van der Waals surface area contributed by atoms with Crippen LogP contribution in [0.2, 0.25) is 0 Å². The number of nitriles is 1. The fourth-order valence-electron chi connectivity index (χ4n) is 2.62. The lowest BCUT2D eigenvalue weighted by atomic mass is 10.1. The maximum absolute atomic E-state index is 12.3. The molecule has 0 atom stereocenters. The molecule has 0 fully saturated rings. The Bertz CT molecular complexity index is 824. The van der Waals surface area contributed by atoms with Crippen LogP contribution in [-0.4, -0.2) is 16.6 Å². The van der Waals surface area contributed by atoms with Crippen LogP contribution in [0.15, 0.2) is 35.4 Å². The molecule has 0 saturated carbocycles. The number of hydrogen-bond acceptors (Lipinski definition) is 4. The van der Waals surface area contributed by atoms with Gasteiger partial charge in [0, 0.05) is 23.6 Å². The number of nitrogens with zero attached hydrogens (tertiary/aromatic N) is 2. The molecule has 0 aliphatic heterocycles. The van der Waals surface area contributed by atoms with E-state index in [9.17, 15) is 10.1 Å². The minimum absolute atomic E-state index is 0.0139. The van der Waals surface area contributed by atoms with E-state index in [-0.39, 0.29) is 5.91 Å². The standard InChI is InChI=1S/C21H25N3OS/c1-5-16-8-6-7-15(4)20(16)24-19(25)11-12-26-21-17(13-22)9-10-18(23-21)14(2)3/h6-10,14H,5,11-12H2,1-4H3,(H,24,25). The number of para-hydroxylation sites is 1. The first-order chi connectivity index (χ1) is 12.5. The Morgan fingerprint density at radius 3 is 2.73 bits per heavy atom. The van der Waals surface area contributed by atoms with Gasteiger partial charge in [0.2, 0.25) is 5.91 Å². The Balaban J connectivity index is 1.99. The van der Waals surface area contributed by atoms with Crippen LogP contribution >= 0.6 is 11.8 Å². The summed E-state index contributed by atoms with van der Waals surface area (Å²) in [6.07, 6.45) is 1.25. The number of nitrogens with one attached hydrogen (secondary N) is 1. The molecule has 0 saturated heterocycles. The van der Waals surface area contributed by atoms with Crippen molar-refractivity contribution in [3.63, 3.8) is 0 Å². The fraction of sp³-hybridized carbons (Fsp3) is 0.381. The smallest absolute Gasteiger partial charge is 0.225 e. The van der Waals surface area contributed by atoms with Gasteiger partial charge in [-0.1, -0.05) is 39.0 Å². The molecule has 0 spiro atoms. The summed E-state index contributed by atoms with van der Waals surface area (Å²) in [6, 6.07) is 11.9. The van der Waals surface area contributed by atoms with E-state index < -0.39 is 0 Å². The average molecular weight is 368 g/mol. The summed E-state index contributed by atoms with van der Waals surface area (Å²) in [5, 5.41) is 13.0. The van der Waals surface area contributed by atoms with Crippen molar-refractivity contribution < 1.29 is 4.79 Å². The Kier molecular flexibility index (Phi) is 7.23. The van der Waals surface area contributed by atoms with E-state index in [4.69, 9.17) is 0 Å². The molecule has 4 nitrogen and oxygen atoms in total. The first-order valence-electron chi connectivity index (χ1n) is 8.88. The van der Waals surface area contributed by atoms with E-state index in [1.165, 1.54) is 11.8 Å². The third kappa shape index (κ3) is 5.09. The average Bonchev–Trinajstić information content (AvgIpc) is 2.63. The highest BCUT2D eigenvalue weighted by molar-refractivity contribution is 7.99. The second-order valence-electron chi connectivity index (χ2n) is 6.46. The second kappa shape index (κ2) is 9.40. The lowest BCUT2D eigenvalue weighted by molar-refractivity contribution is -0.115. The summed E-state index contributed by atoms with van der Waals surface area (Å²) in [5.74, 6) is 0.876. The third-order valence-electron chi connectivity index (χ3n) is 4.17. The molecule has 5 heteroatoms. The Hall–Kier alpha value is -2.32.